The van der Waals surface area contributed by atoms with Gasteiger partial charge in [-0.15, -0.1) is 0 Å². The third-order valence-electron chi connectivity index (χ3n) is 7.01. The number of ether oxygens (including phenoxy) is 1. The summed E-state index contributed by atoms with van der Waals surface area (Å²) in [5, 5.41) is 10.7. The summed E-state index contributed by atoms with van der Waals surface area (Å²) in [6, 6.07) is 6.44. The summed E-state index contributed by atoms with van der Waals surface area (Å²) in [6.07, 6.45) is 22.4. The Bertz CT molecular complexity index is 1640. The van der Waals surface area contributed by atoms with Gasteiger partial charge in [-0.3, -0.25) is 0 Å². The Kier molecular flexibility index (Phi) is 7.52. The van der Waals surface area contributed by atoms with Crippen molar-refractivity contribution in [2.45, 2.75) is 24.7 Å². The number of sulfone groups is 1. The van der Waals surface area contributed by atoms with E-state index in [0.717, 1.165) is 24.4 Å². The van der Waals surface area contributed by atoms with Crippen molar-refractivity contribution in [2.24, 2.45) is 11.8 Å². The molecular weight excluding hydrogens is 526 g/mol. The van der Waals surface area contributed by atoms with Gasteiger partial charge < -0.3 is 9.64 Å². The molecule has 8 heteroatoms. The third-order valence-corrected chi connectivity index (χ3v) is 9.99. The smallest absolute Gasteiger partial charge is 0.270 e. The van der Waals surface area contributed by atoms with Crippen molar-refractivity contribution in [3.05, 3.63) is 122 Å². The van der Waals surface area contributed by atoms with E-state index in [0.29, 0.717) is 23.1 Å². The van der Waals surface area contributed by atoms with Gasteiger partial charge in [0, 0.05) is 28.9 Å². The molecule has 1 fully saturated rings. The van der Waals surface area contributed by atoms with Gasteiger partial charge >= 0.3 is 0 Å². The first-order chi connectivity index (χ1) is 18.9. The van der Waals surface area contributed by atoms with Crippen LogP contribution in [0.5, 0.6) is 5.75 Å². The van der Waals surface area contributed by atoms with E-state index in [1.54, 1.807) is 30.0 Å². The van der Waals surface area contributed by atoms with Crippen LogP contribution in [-0.4, -0.2) is 27.0 Å². The summed E-state index contributed by atoms with van der Waals surface area (Å²) in [7, 11) is -2.42. The lowest BCUT2D eigenvalue weighted by Crippen LogP contribution is -2.21. The maximum Gasteiger partial charge on any atom is 0.270 e. The zero-order valence-corrected chi connectivity index (χ0v) is 23.3. The van der Waals surface area contributed by atoms with E-state index >= 15 is 0 Å². The molecule has 4 aliphatic rings. The predicted octanol–water partition coefficient (Wildman–Crippen LogP) is 6.91. The molecule has 2 unspecified atom stereocenters. The highest BCUT2D eigenvalue weighted by atomic mass is 32.2. The maximum absolute atomic E-state index is 13.4. The normalized spacial score (nSPS) is 25.6. The quantitative estimate of drug-likeness (QED) is 0.282. The van der Waals surface area contributed by atoms with Crippen LogP contribution in [0.1, 0.15) is 25.3 Å². The largest absolute Gasteiger partial charge is 0.497 e. The number of rotatable bonds is 6. The highest BCUT2D eigenvalue weighted by Crippen LogP contribution is 2.50. The highest BCUT2D eigenvalue weighted by Gasteiger charge is 2.38. The minimum absolute atomic E-state index is 0.0587. The number of nitriles is 1. The summed E-state index contributed by atoms with van der Waals surface area (Å²) in [5.74, 6) is 1.17. The first-order valence-electron chi connectivity index (χ1n) is 12.7. The lowest BCUT2D eigenvalue weighted by Gasteiger charge is -2.27. The van der Waals surface area contributed by atoms with Crippen molar-refractivity contribution < 1.29 is 13.2 Å². The molecule has 2 atom stereocenters. The van der Waals surface area contributed by atoms with Crippen LogP contribution in [0.2, 0.25) is 0 Å². The van der Waals surface area contributed by atoms with Gasteiger partial charge in [0.15, 0.2) is 0 Å². The molecule has 0 aromatic heterocycles. The molecule has 39 heavy (non-hydrogen) atoms. The predicted molar refractivity (Wildman–Crippen MR) is 155 cm³/mol. The first kappa shape index (κ1) is 26.6. The van der Waals surface area contributed by atoms with Crippen molar-refractivity contribution >= 4 is 27.2 Å². The summed E-state index contributed by atoms with van der Waals surface area (Å²) >= 11 is 1.72. The lowest BCUT2D eigenvalue weighted by atomic mass is 9.84. The van der Waals surface area contributed by atoms with Gasteiger partial charge in [-0.2, -0.15) is 0 Å². The number of benzene rings is 1. The Morgan fingerprint density at radius 1 is 1.21 bits per heavy atom. The zero-order chi connectivity index (χ0) is 27.6. The van der Waals surface area contributed by atoms with Crippen molar-refractivity contribution in [1.82, 2.24) is 4.90 Å². The molecule has 5 rings (SSSR count). The second-order valence-corrected chi connectivity index (χ2v) is 12.3. The Labute approximate surface area is 234 Å². The first-order valence-corrected chi connectivity index (χ1v) is 15.0. The van der Waals surface area contributed by atoms with Crippen LogP contribution < -0.4 is 4.74 Å². The van der Waals surface area contributed by atoms with Gasteiger partial charge in [-0.05, 0) is 42.3 Å². The van der Waals surface area contributed by atoms with Gasteiger partial charge in [0.2, 0.25) is 9.84 Å². The molecule has 1 saturated heterocycles. The lowest BCUT2D eigenvalue weighted by molar-refractivity contribution is 0.414. The summed E-state index contributed by atoms with van der Waals surface area (Å²) in [4.78, 5) is 6.91. The Hall–Kier alpha value is -3.98. The molecular formula is C31H27N3O3S2. The summed E-state index contributed by atoms with van der Waals surface area (Å²) < 4.78 is 32.1. The number of methoxy groups -OCH3 is 1. The van der Waals surface area contributed by atoms with E-state index in [-0.39, 0.29) is 21.1 Å². The maximum atomic E-state index is 13.4. The minimum atomic E-state index is -3.90. The SMILES string of the molecule is [C-]#[N+]/C(C#N)=C1/C(=C/C=C/C=C2\SC3=CC4C=CC=CC4C=C3N2CCCC)S(=O)(=O)c2ccc(OC)cc21. The van der Waals surface area contributed by atoms with Crippen LogP contribution in [0.15, 0.2) is 110 Å². The third kappa shape index (κ3) is 4.83. The number of thioether (sulfide) groups is 1. The standard InChI is InChI=1S/C31H27N3O3S2/c1-4-5-16-34-26-17-21-10-6-7-11-22(21)18-27(26)38-30(34)13-9-8-12-29-31(25(20-32)33-2)24-19-23(37-3)14-15-28(24)39(29,35)36/h6-15,17-19,21-22H,4-5,16H2,1,3H3/b9-8+,29-12-,30-13-,31-25+. The molecule has 0 saturated carbocycles. The Balaban J connectivity index is 1.51. The van der Waals surface area contributed by atoms with E-state index in [2.05, 4.69) is 53.1 Å². The van der Waals surface area contributed by atoms with E-state index in [4.69, 9.17) is 11.3 Å². The Morgan fingerprint density at radius 2 is 1.95 bits per heavy atom. The number of fused-ring (bicyclic) bond motifs is 3. The number of unbranched alkanes of at least 4 members (excludes halogenated alkanes) is 1. The van der Waals surface area contributed by atoms with Crippen LogP contribution in [0.25, 0.3) is 10.4 Å². The molecule has 6 nitrogen and oxygen atoms in total. The molecule has 2 aliphatic heterocycles. The van der Waals surface area contributed by atoms with Crippen molar-refractivity contribution in [3.63, 3.8) is 0 Å². The van der Waals surface area contributed by atoms with E-state index in [1.165, 1.54) is 29.9 Å². The average molecular weight is 554 g/mol. The van der Waals surface area contributed by atoms with Crippen molar-refractivity contribution in [2.75, 3.05) is 13.7 Å². The highest BCUT2D eigenvalue weighted by molar-refractivity contribution is 8.07. The zero-order valence-electron chi connectivity index (χ0n) is 21.7. The fourth-order valence-electron chi connectivity index (χ4n) is 5.05. The van der Waals surface area contributed by atoms with Gasteiger partial charge in [0.05, 0.1) is 40.3 Å². The van der Waals surface area contributed by atoms with E-state index in [1.807, 2.05) is 18.2 Å². The molecule has 196 valence electrons. The summed E-state index contributed by atoms with van der Waals surface area (Å²) in [5.41, 5.74) is 1.39. The average Bonchev–Trinajstić information content (AvgIpc) is 3.39. The molecule has 0 bridgehead atoms. The van der Waals surface area contributed by atoms with Crippen LogP contribution in [-0.2, 0) is 9.84 Å². The molecule has 2 heterocycles. The second-order valence-electron chi connectivity index (χ2n) is 9.35. The monoisotopic (exact) mass is 553 g/mol. The molecule has 2 aliphatic carbocycles. The van der Waals surface area contributed by atoms with Crippen molar-refractivity contribution in [1.29, 1.82) is 5.26 Å². The molecule has 1 aromatic rings. The molecule has 1 aromatic carbocycles. The minimum Gasteiger partial charge on any atom is -0.497 e. The van der Waals surface area contributed by atoms with E-state index in [9.17, 15) is 13.7 Å². The van der Waals surface area contributed by atoms with Gasteiger partial charge in [0.25, 0.3) is 5.70 Å². The van der Waals surface area contributed by atoms with Crippen LogP contribution >= 0.6 is 11.8 Å². The Morgan fingerprint density at radius 3 is 2.64 bits per heavy atom. The molecule has 0 radical (unpaired) electrons. The molecule has 0 spiro atoms. The molecule has 0 N–H and O–H groups in total. The van der Waals surface area contributed by atoms with Gasteiger partial charge in [0.1, 0.15) is 5.75 Å². The number of hydrogen-bond donors (Lipinski definition) is 0. The van der Waals surface area contributed by atoms with Gasteiger partial charge in [-0.25, -0.2) is 18.5 Å². The summed E-state index contributed by atoms with van der Waals surface area (Å²) in [6.45, 7) is 10.5. The van der Waals surface area contributed by atoms with Crippen molar-refractivity contribution in [3.8, 4) is 11.8 Å². The van der Waals surface area contributed by atoms with Crippen LogP contribution in [0.4, 0.5) is 0 Å². The fourth-order valence-corrected chi connectivity index (χ4v) is 7.90. The van der Waals surface area contributed by atoms with Gasteiger partial charge in [-0.1, -0.05) is 73.7 Å². The number of hydrogen-bond acceptors (Lipinski definition) is 6. The van der Waals surface area contributed by atoms with Crippen LogP contribution in [0, 0.1) is 29.7 Å². The number of nitrogens with zero attached hydrogens (tertiary/aromatic N) is 3. The van der Waals surface area contributed by atoms with E-state index < -0.39 is 9.84 Å². The number of allylic oxidation sites excluding steroid dienone is 12. The fraction of sp³-hybridized carbons (Fsp3) is 0.226. The van der Waals surface area contributed by atoms with Crippen LogP contribution in [0.3, 0.4) is 0 Å². The second kappa shape index (κ2) is 11.0. The topological polar surface area (TPSA) is 74.8 Å². The molecule has 0 amide bonds.